The molecule has 5 heteroatoms. The second-order valence-corrected chi connectivity index (χ2v) is 7.99. The van der Waals surface area contributed by atoms with Crippen LogP contribution in [0.2, 0.25) is 0 Å². The molecule has 0 bridgehead atoms. The number of carbonyl (C=O) groups excluding carboxylic acids is 2. The first kappa shape index (κ1) is 20.7. The van der Waals surface area contributed by atoms with E-state index in [1.54, 1.807) is 12.1 Å². The van der Waals surface area contributed by atoms with E-state index in [4.69, 9.17) is 4.42 Å². The molecule has 4 rings (SSSR count). The molecule has 0 spiro atoms. The summed E-state index contributed by atoms with van der Waals surface area (Å²) in [4.78, 5) is 27.9. The average molecular weight is 415 g/mol. The van der Waals surface area contributed by atoms with Gasteiger partial charge in [-0.3, -0.25) is 14.5 Å². The smallest absolute Gasteiger partial charge is 0.294 e. The Kier molecular flexibility index (Phi) is 5.51. The fourth-order valence-corrected chi connectivity index (χ4v) is 4.02. The number of furan rings is 1. The molecule has 0 aliphatic carbocycles. The van der Waals surface area contributed by atoms with Gasteiger partial charge in [-0.05, 0) is 62.1 Å². The van der Waals surface area contributed by atoms with Gasteiger partial charge in [-0.1, -0.05) is 42.5 Å². The van der Waals surface area contributed by atoms with Crippen molar-refractivity contribution in [2.24, 2.45) is 0 Å². The zero-order valence-corrected chi connectivity index (χ0v) is 17.9. The summed E-state index contributed by atoms with van der Waals surface area (Å²) in [6.07, 6.45) is 0.714. The number of Topliss-reactive ketones (excluding diaryl/α,β-unsaturated/α-hetero) is 1. The molecule has 1 atom stereocenters. The number of anilines is 1. The van der Waals surface area contributed by atoms with E-state index in [1.807, 2.05) is 69.3 Å². The number of aliphatic hydroxyl groups is 1. The van der Waals surface area contributed by atoms with Crippen LogP contribution in [0.15, 0.2) is 76.4 Å². The van der Waals surface area contributed by atoms with E-state index in [2.05, 4.69) is 0 Å². The highest BCUT2D eigenvalue weighted by molar-refractivity contribution is 6.16. The minimum Gasteiger partial charge on any atom is -0.503 e. The number of rotatable bonds is 6. The first-order chi connectivity index (χ1) is 14.9. The lowest BCUT2D eigenvalue weighted by molar-refractivity contribution is -0.118. The van der Waals surface area contributed by atoms with Gasteiger partial charge in [0.05, 0.1) is 5.57 Å². The summed E-state index contributed by atoms with van der Waals surface area (Å²) in [7, 11) is 0. The van der Waals surface area contributed by atoms with E-state index in [9.17, 15) is 14.7 Å². The molecule has 5 nitrogen and oxygen atoms in total. The van der Waals surface area contributed by atoms with Gasteiger partial charge in [0.1, 0.15) is 17.6 Å². The van der Waals surface area contributed by atoms with Gasteiger partial charge < -0.3 is 9.52 Å². The molecule has 1 amide bonds. The Labute approximate surface area is 181 Å². The number of nitrogens with zero attached hydrogens (tertiary/aromatic N) is 1. The lowest BCUT2D eigenvalue weighted by Crippen LogP contribution is -2.31. The highest BCUT2D eigenvalue weighted by Gasteiger charge is 2.46. The van der Waals surface area contributed by atoms with E-state index >= 15 is 0 Å². The van der Waals surface area contributed by atoms with Crippen molar-refractivity contribution in [3.63, 3.8) is 0 Å². The molecular formula is C26H25NO4. The summed E-state index contributed by atoms with van der Waals surface area (Å²) in [6.45, 7) is 5.65. The van der Waals surface area contributed by atoms with Gasteiger partial charge in [0.2, 0.25) is 0 Å². The lowest BCUT2D eigenvalue weighted by atomic mass is 9.96. The average Bonchev–Trinajstić information content (AvgIpc) is 3.30. The Balaban J connectivity index is 1.74. The van der Waals surface area contributed by atoms with Crippen LogP contribution in [0.1, 0.15) is 40.7 Å². The Morgan fingerprint density at radius 3 is 2.45 bits per heavy atom. The number of ketones is 1. The minimum atomic E-state index is -0.801. The van der Waals surface area contributed by atoms with Crippen molar-refractivity contribution in [3.05, 3.63) is 100 Å². The van der Waals surface area contributed by atoms with E-state index in [0.717, 1.165) is 16.7 Å². The maximum absolute atomic E-state index is 13.3. The molecule has 1 N–H and O–H groups in total. The van der Waals surface area contributed by atoms with E-state index in [1.165, 1.54) is 4.90 Å². The fourth-order valence-electron chi connectivity index (χ4n) is 4.02. The van der Waals surface area contributed by atoms with Crippen LogP contribution in [0.3, 0.4) is 0 Å². The first-order valence-electron chi connectivity index (χ1n) is 10.3. The molecule has 1 unspecified atom stereocenters. The van der Waals surface area contributed by atoms with Crippen LogP contribution in [0.25, 0.3) is 0 Å². The number of hydrogen-bond acceptors (Lipinski definition) is 4. The highest BCUT2D eigenvalue weighted by Crippen LogP contribution is 2.43. The van der Waals surface area contributed by atoms with Gasteiger partial charge in [0.25, 0.3) is 5.91 Å². The SMILES string of the molecule is Cc1ccc(C)c(N2C(=O)C(O)=C(C(=O)CCc3ccccc3)C2c2ccc(C)o2)c1. The molecule has 0 radical (unpaired) electrons. The van der Waals surface area contributed by atoms with Crippen LogP contribution in [0.4, 0.5) is 5.69 Å². The Morgan fingerprint density at radius 1 is 1.03 bits per heavy atom. The van der Waals surface area contributed by atoms with Crippen molar-refractivity contribution in [1.82, 2.24) is 0 Å². The normalized spacial score (nSPS) is 16.3. The summed E-state index contributed by atoms with van der Waals surface area (Å²) in [5.74, 6) is -0.222. The second kappa shape index (κ2) is 8.26. The lowest BCUT2D eigenvalue weighted by Gasteiger charge is -2.27. The van der Waals surface area contributed by atoms with Crippen LogP contribution < -0.4 is 4.90 Å². The van der Waals surface area contributed by atoms with Crippen molar-refractivity contribution < 1.29 is 19.1 Å². The molecule has 1 aliphatic heterocycles. The Bertz CT molecular complexity index is 1170. The van der Waals surface area contributed by atoms with Crippen molar-refractivity contribution in [2.75, 3.05) is 4.90 Å². The van der Waals surface area contributed by atoms with Crippen molar-refractivity contribution in [1.29, 1.82) is 0 Å². The fraction of sp³-hybridized carbons (Fsp3) is 0.231. The number of benzene rings is 2. The molecule has 2 aromatic carbocycles. The Morgan fingerprint density at radius 2 is 1.77 bits per heavy atom. The predicted molar refractivity (Wildman–Crippen MR) is 119 cm³/mol. The number of hydrogen-bond donors (Lipinski definition) is 1. The predicted octanol–water partition coefficient (Wildman–Crippen LogP) is 5.31. The number of amides is 1. The van der Waals surface area contributed by atoms with Crippen molar-refractivity contribution in [2.45, 2.75) is 39.7 Å². The molecule has 1 aliphatic rings. The molecule has 0 fully saturated rings. The zero-order chi connectivity index (χ0) is 22.1. The molecular weight excluding hydrogens is 390 g/mol. The third kappa shape index (κ3) is 3.91. The Hall–Kier alpha value is -3.60. The van der Waals surface area contributed by atoms with Gasteiger partial charge in [-0.25, -0.2) is 0 Å². The van der Waals surface area contributed by atoms with E-state index in [-0.39, 0.29) is 17.8 Å². The summed E-state index contributed by atoms with van der Waals surface area (Å²) in [6, 6.07) is 18.2. The number of aryl methyl sites for hydroxylation is 4. The first-order valence-corrected chi connectivity index (χ1v) is 10.3. The van der Waals surface area contributed by atoms with Crippen LogP contribution in [0.5, 0.6) is 0 Å². The van der Waals surface area contributed by atoms with Gasteiger partial charge in [0, 0.05) is 12.1 Å². The third-order valence-corrected chi connectivity index (χ3v) is 5.65. The van der Waals surface area contributed by atoms with Crippen LogP contribution in [0, 0.1) is 20.8 Å². The maximum Gasteiger partial charge on any atom is 0.294 e. The van der Waals surface area contributed by atoms with Gasteiger partial charge in [-0.15, -0.1) is 0 Å². The number of aliphatic hydroxyl groups excluding tert-OH is 1. The van der Waals surface area contributed by atoms with Gasteiger partial charge in [0.15, 0.2) is 11.5 Å². The zero-order valence-electron chi connectivity index (χ0n) is 17.9. The molecule has 2 heterocycles. The topological polar surface area (TPSA) is 70.8 Å². The van der Waals surface area contributed by atoms with Gasteiger partial charge >= 0.3 is 0 Å². The standard InChI is InChI=1S/C26H25NO4/c1-16-9-10-17(2)20(15-16)27-24(22-14-11-18(3)31-22)23(25(29)26(27)30)21(28)13-12-19-7-5-4-6-8-19/h4-11,14-15,24,29H,12-13H2,1-3H3. The summed E-state index contributed by atoms with van der Waals surface area (Å²) >= 11 is 0. The monoisotopic (exact) mass is 415 g/mol. The number of carbonyl (C=O) groups is 2. The maximum atomic E-state index is 13.3. The van der Waals surface area contributed by atoms with Crippen molar-refractivity contribution in [3.8, 4) is 0 Å². The molecule has 0 saturated heterocycles. The third-order valence-electron chi connectivity index (χ3n) is 5.65. The summed E-state index contributed by atoms with van der Waals surface area (Å²) in [5.41, 5.74) is 3.62. The molecule has 31 heavy (non-hydrogen) atoms. The summed E-state index contributed by atoms with van der Waals surface area (Å²) in [5, 5.41) is 10.8. The second-order valence-electron chi connectivity index (χ2n) is 7.99. The molecule has 3 aromatic rings. The minimum absolute atomic E-state index is 0.0937. The van der Waals surface area contributed by atoms with Crippen molar-refractivity contribution >= 4 is 17.4 Å². The van der Waals surface area contributed by atoms with E-state index < -0.39 is 17.7 Å². The molecule has 0 saturated carbocycles. The van der Waals surface area contributed by atoms with Gasteiger partial charge in [-0.2, -0.15) is 0 Å². The van der Waals surface area contributed by atoms with E-state index in [0.29, 0.717) is 23.6 Å². The summed E-state index contributed by atoms with van der Waals surface area (Å²) < 4.78 is 5.84. The van der Waals surface area contributed by atoms with Crippen LogP contribution in [-0.2, 0) is 16.0 Å². The quantitative estimate of drug-likeness (QED) is 0.592. The van der Waals surface area contributed by atoms with Crippen LogP contribution in [-0.4, -0.2) is 16.8 Å². The molecule has 1 aromatic heterocycles. The largest absolute Gasteiger partial charge is 0.503 e. The van der Waals surface area contributed by atoms with Crippen LogP contribution >= 0.6 is 0 Å². The molecule has 158 valence electrons. The highest BCUT2D eigenvalue weighted by atomic mass is 16.3.